The van der Waals surface area contributed by atoms with Gasteiger partial charge in [0.15, 0.2) is 0 Å². The molecule has 1 atom stereocenters. The zero-order chi connectivity index (χ0) is 20.2. The number of anilines is 3. The van der Waals surface area contributed by atoms with E-state index < -0.39 is 6.04 Å². The van der Waals surface area contributed by atoms with Crippen molar-refractivity contribution in [1.82, 2.24) is 5.32 Å². The standard InChI is InChI=1S/C24H23N3O2/c1-17(25-24(29)19-8-3-2-4-9-19)23(28)26-20-11-13-21(14-12-20)27-16-15-18-7-5-6-10-22(18)27/h2-14,17H,15-16H2,1H3,(H,25,29)(H,26,28). The summed E-state index contributed by atoms with van der Waals surface area (Å²) in [7, 11) is 0. The van der Waals surface area contributed by atoms with Gasteiger partial charge < -0.3 is 15.5 Å². The summed E-state index contributed by atoms with van der Waals surface area (Å²) in [6, 6.07) is 24.4. The summed E-state index contributed by atoms with van der Waals surface area (Å²) in [6.07, 6.45) is 1.04. The van der Waals surface area contributed by atoms with E-state index in [0.29, 0.717) is 11.3 Å². The summed E-state index contributed by atoms with van der Waals surface area (Å²) in [6.45, 7) is 2.62. The van der Waals surface area contributed by atoms with E-state index in [0.717, 1.165) is 18.7 Å². The Kier molecular flexibility index (Phi) is 5.29. The molecule has 1 unspecified atom stereocenters. The van der Waals surface area contributed by atoms with Crippen molar-refractivity contribution < 1.29 is 9.59 Å². The van der Waals surface area contributed by atoms with Crippen molar-refractivity contribution >= 4 is 28.9 Å². The monoisotopic (exact) mass is 385 g/mol. The van der Waals surface area contributed by atoms with Crippen LogP contribution in [0.5, 0.6) is 0 Å². The van der Waals surface area contributed by atoms with Gasteiger partial charge in [0.25, 0.3) is 5.91 Å². The van der Waals surface area contributed by atoms with Crippen LogP contribution >= 0.6 is 0 Å². The lowest BCUT2D eigenvalue weighted by Crippen LogP contribution is -2.41. The van der Waals surface area contributed by atoms with Crippen LogP contribution in [0, 0.1) is 0 Å². The molecule has 0 aliphatic carbocycles. The maximum atomic E-state index is 12.4. The summed E-state index contributed by atoms with van der Waals surface area (Å²) in [5, 5.41) is 5.59. The number of nitrogens with zero attached hydrogens (tertiary/aromatic N) is 1. The van der Waals surface area contributed by atoms with Crippen molar-refractivity contribution in [3.05, 3.63) is 90.0 Å². The largest absolute Gasteiger partial charge is 0.341 e. The van der Waals surface area contributed by atoms with Crippen molar-refractivity contribution in [2.75, 3.05) is 16.8 Å². The molecule has 1 aliphatic rings. The van der Waals surface area contributed by atoms with E-state index in [1.54, 1.807) is 31.2 Å². The van der Waals surface area contributed by atoms with E-state index in [9.17, 15) is 9.59 Å². The summed E-state index contributed by atoms with van der Waals surface area (Å²) < 4.78 is 0. The van der Waals surface area contributed by atoms with Crippen LogP contribution in [0.3, 0.4) is 0 Å². The average molecular weight is 385 g/mol. The first-order valence-corrected chi connectivity index (χ1v) is 9.74. The van der Waals surface area contributed by atoms with Crippen molar-refractivity contribution in [2.45, 2.75) is 19.4 Å². The van der Waals surface area contributed by atoms with Crippen LogP contribution in [0.4, 0.5) is 17.1 Å². The van der Waals surface area contributed by atoms with E-state index in [2.05, 4.69) is 39.8 Å². The van der Waals surface area contributed by atoms with Crippen LogP contribution in [0.2, 0.25) is 0 Å². The predicted molar refractivity (Wildman–Crippen MR) is 116 cm³/mol. The molecule has 0 spiro atoms. The molecule has 3 aromatic carbocycles. The minimum absolute atomic E-state index is 0.256. The molecule has 2 N–H and O–H groups in total. The van der Waals surface area contributed by atoms with Gasteiger partial charge in [-0.1, -0.05) is 36.4 Å². The molecular weight excluding hydrogens is 362 g/mol. The second-order valence-electron chi connectivity index (χ2n) is 7.13. The highest BCUT2D eigenvalue weighted by Gasteiger charge is 2.20. The predicted octanol–water partition coefficient (Wildman–Crippen LogP) is 4.14. The van der Waals surface area contributed by atoms with E-state index in [1.807, 2.05) is 30.3 Å². The average Bonchev–Trinajstić information content (AvgIpc) is 3.19. The maximum Gasteiger partial charge on any atom is 0.251 e. The summed E-state index contributed by atoms with van der Waals surface area (Å²) in [4.78, 5) is 26.9. The zero-order valence-corrected chi connectivity index (χ0v) is 16.3. The van der Waals surface area contributed by atoms with Gasteiger partial charge in [0, 0.05) is 29.2 Å². The Morgan fingerprint density at radius 3 is 2.34 bits per heavy atom. The molecule has 1 heterocycles. The smallest absolute Gasteiger partial charge is 0.251 e. The Hall–Kier alpha value is -3.60. The molecule has 5 nitrogen and oxygen atoms in total. The summed E-state index contributed by atoms with van der Waals surface area (Å²) >= 11 is 0. The van der Waals surface area contributed by atoms with E-state index in [-0.39, 0.29) is 11.8 Å². The molecule has 0 aromatic heterocycles. The topological polar surface area (TPSA) is 61.4 Å². The summed E-state index contributed by atoms with van der Waals surface area (Å²) in [5.41, 5.74) is 4.92. The molecule has 29 heavy (non-hydrogen) atoms. The number of hydrogen-bond donors (Lipinski definition) is 2. The van der Waals surface area contributed by atoms with E-state index >= 15 is 0 Å². The minimum atomic E-state index is -0.646. The molecule has 0 saturated carbocycles. The highest BCUT2D eigenvalue weighted by molar-refractivity contribution is 6.01. The molecule has 0 fully saturated rings. The Balaban J connectivity index is 1.37. The first-order chi connectivity index (χ1) is 14.1. The number of benzene rings is 3. The molecule has 0 bridgehead atoms. The lowest BCUT2D eigenvalue weighted by atomic mass is 10.2. The second-order valence-corrected chi connectivity index (χ2v) is 7.13. The van der Waals surface area contributed by atoms with Gasteiger partial charge in [-0.2, -0.15) is 0 Å². The number of para-hydroxylation sites is 1. The third-order valence-electron chi connectivity index (χ3n) is 5.11. The summed E-state index contributed by atoms with van der Waals surface area (Å²) in [5.74, 6) is -0.523. The fraction of sp³-hybridized carbons (Fsp3) is 0.167. The van der Waals surface area contributed by atoms with Gasteiger partial charge in [-0.05, 0) is 61.4 Å². The van der Waals surface area contributed by atoms with Crippen LogP contribution < -0.4 is 15.5 Å². The van der Waals surface area contributed by atoms with Gasteiger partial charge in [0.05, 0.1) is 0 Å². The Labute approximate surface area is 170 Å². The lowest BCUT2D eigenvalue weighted by molar-refractivity contribution is -0.117. The number of fused-ring (bicyclic) bond motifs is 1. The molecule has 4 rings (SSSR count). The van der Waals surface area contributed by atoms with Gasteiger partial charge in [0.1, 0.15) is 6.04 Å². The number of amides is 2. The quantitative estimate of drug-likeness (QED) is 0.694. The molecule has 3 aromatic rings. The number of rotatable bonds is 5. The van der Waals surface area contributed by atoms with Crippen LogP contribution in [-0.4, -0.2) is 24.4 Å². The van der Waals surface area contributed by atoms with Crippen LogP contribution in [-0.2, 0) is 11.2 Å². The Bertz CT molecular complexity index is 1020. The Morgan fingerprint density at radius 1 is 0.897 bits per heavy atom. The van der Waals surface area contributed by atoms with Gasteiger partial charge in [-0.25, -0.2) is 0 Å². The molecule has 2 amide bonds. The first kappa shape index (κ1) is 18.7. The van der Waals surface area contributed by atoms with Gasteiger partial charge in [0.2, 0.25) is 5.91 Å². The minimum Gasteiger partial charge on any atom is -0.341 e. The highest BCUT2D eigenvalue weighted by Crippen LogP contribution is 2.34. The van der Waals surface area contributed by atoms with E-state index in [4.69, 9.17) is 0 Å². The number of hydrogen-bond acceptors (Lipinski definition) is 3. The van der Waals surface area contributed by atoms with Gasteiger partial charge in [-0.15, -0.1) is 0 Å². The molecular formula is C24H23N3O2. The molecule has 146 valence electrons. The van der Waals surface area contributed by atoms with Crippen molar-refractivity contribution in [3.63, 3.8) is 0 Å². The third-order valence-corrected chi connectivity index (χ3v) is 5.11. The maximum absolute atomic E-state index is 12.4. The van der Waals surface area contributed by atoms with Gasteiger partial charge in [-0.3, -0.25) is 9.59 Å². The zero-order valence-electron chi connectivity index (χ0n) is 16.3. The third kappa shape index (κ3) is 4.14. The lowest BCUT2D eigenvalue weighted by Gasteiger charge is -2.20. The fourth-order valence-electron chi connectivity index (χ4n) is 3.52. The number of carbonyl (C=O) groups excluding carboxylic acids is 2. The normalized spacial score (nSPS) is 13.5. The van der Waals surface area contributed by atoms with Crippen LogP contribution in [0.25, 0.3) is 0 Å². The van der Waals surface area contributed by atoms with Crippen molar-refractivity contribution in [3.8, 4) is 0 Å². The van der Waals surface area contributed by atoms with E-state index in [1.165, 1.54) is 11.3 Å². The van der Waals surface area contributed by atoms with Crippen LogP contribution in [0.15, 0.2) is 78.9 Å². The first-order valence-electron chi connectivity index (χ1n) is 9.74. The highest BCUT2D eigenvalue weighted by atomic mass is 16.2. The second kappa shape index (κ2) is 8.19. The molecule has 1 aliphatic heterocycles. The van der Waals surface area contributed by atoms with Crippen molar-refractivity contribution in [2.24, 2.45) is 0 Å². The van der Waals surface area contributed by atoms with Crippen molar-refractivity contribution in [1.29, 1.82) is 0 Å². The molecule has 0 saturated heterocycles. The van der Waals surface area contributed by atoms with Crippen LogP contribution in [0.1, 0.15) is 22.8 Å². The van der Waals surface area contributed by atoms with Gasteiger partial charge >= 0.3 is 0 Å². The SMILES string of the molecule is CC(NC(=O)c1ccccc1)C(=O)Nc1ccc(N2CCc3ccccc32)cc1. The molecule has 0 radical (unpaired) electrons. The number of nitrogens with one attached hydrogen (secondary N) is 2. The molecule has 5 heteroatoms. The fourth-order valence-corrected chi connectivity index (χ4v) is 3.52. The number of carbonyl (C=O) groups is 2. The Morgan fingerprint density at radius 2 is 1.59 bits per heavy atom.